The van der Waals surface area contributed by atoms with E-state index in [1.807, 2.05) is 6.92 Å². The van der Waals surface area contributed by atoms with Crippen molar-refractivity contribution in [2.75, 3.05) is 0 Å². The van der Waals surface area contributed by atoms with E-state index in [1.165, 1.54) is 16.7 Å². The van der Waals surface area contributed by atoms with Crippen molar-refractivity contribution in [2.45, 2.75) is 26.7 Å². The molecule has 2 atom stereocenters. The summed E-state index contributed by atoms with van der Waals surface area (Å²) in [6.45, 7) is 4.11. The van der Waals surface area contributed by atoms with Crippen LogP contribution in [0.5, 0.6) is 0 Å². The number of carbonyl (C=O) groups is 1. The Morgan fingerprint density at radius 1 is 1.41 bits per heavy atom. The second-order valence-corrected chi connectivity index (χ2v) is 4.96. The van der Waals surface area contributed by atoms with Gasteiger partial charge in [-0.05, 0) is 36.8 Å². The smallest absolute Gasteiger partial charge is 0.307 e. The number of aryl methyl sites for hydroxylation is 1. The number of aliphatic carboxylic acids is 1. The fraction of sp³-hybridized carbons (Fsp3) is 0.400. The van der Waals surface area contributed by atoms with E-state index in [0.29, 0.717) is 6.42 Å². The minimum atomic E-state index is -0.669. The maximum atomic E-state index is 11.0. The van der Waals surface area contributed by atoms with Crippen molar-refractivity contribution in [3.63, 3.8) is 0 Å². The first-order valence-electron chi connectivity index (χ1n) is 6.07. The van der Waals surface area contributed by atoms with E-state index >= 15 is 0 Å². The summed E-state index contributed by atoms with van der Waals surface area (Å²) >= 11 is 0. The highest BCUT2D eigenvalue weighted by atomic mass is 16.4. The van der Waals surface area contributed by atoms with Gasteiger partial charge in [-0.25, -0.2) is 0 Å². The molecule has 90 valence electrons. The lowest BCUT2D eigenvalue weighted by atomic mass is 9.79. The third-order valence-corrected chi connectivity index (χ3v) is 3.55. The highest BCUT2D eigenvalue weighted by Crippen LogP contribution is 2.34. The third kappa shape index (κ3) is 2.57. The number of carboxylic acid groups (broad SMARTS) is 1. The highest BCUT2D eigenvalue weighted by Gasteiger charge is 2.28. The molecule has 1 N–H and O–H groups in total. The summed E-state index contributed by atoms with van der Waals surface area (Å²) in [5, 5.41) is 9.08. The van der Waals surface area contributed by atoms with Gasteiger partial charge in [-0.15, -0.1) is 0 Å². The maximum Gasteiger partial charge on any atom is 0.307 e. The van der Waals surface area contributed by atoms with Gasteiger partial charge < -0.3 is 5.11 Å². The van der Waals surface area contributed by atoms with Gasteiger partial charge in [0.15, 0.2) is 0 Å². The Kier molecular flexibility index (Phi) is 3.32. The molecule has 0 radical (unpaired) electrons. The van der Waals surface area contributed by atoms with Crippen LogP contribution in [0.4, 0.5) is 0 Å². The van der Waals surface area contributed by atoms with Crippen LogP contribution in [0.1, 0.15) is 30.9 Å². The predicted molar refractivity (Wildman–Crippen MR) is 68.7 cm³/mol. The number of hydrogen-bond donors (Lipinski definition) is 1. The van der Waals surface area contributed by atoms with Crippen LogP contribution in [0, 0.1) is 18.8 Å². The summed E-state index contributed by atoms with van der Waals surface area (Å²) in [6, 6.07) is 8.40. The summed E-state index contributed by atoms with van der Waals surface area (Å²) in [5.74, 6) is -0.673. The average molecular weight is 230 g/mol. The number of allylic oxidation sites excluding steroid dienone is 2. The Hall–Kier alpha value is -1.57. The molecule has 1 aliphatic carbocycles. The molecule has 0 heterocycles. The largest absolute Gasteiger partial charge is 0.481 e. The van der Waals surface area contributed by atoms with E-state index in [9.17, 15) is 4.79 Å². The zero-order chi connectivity index (χ0) is 12.4. The Labute approximate surface area is 102 Å². The molecular formula is C15H18O2. The van der Waals surface area contributed by atoms with Crippen LogP contribution in [0.15, 0.2) is 30.3 Å². The number of benzene rings is 1. The zero-order valence-corrected chi connectivity index (χ0v) is 10.3. The van der Waals surface area contributed by atoms with Crippen molar-refractivity contribution >= 4 is 11.5 Å². The second kappa shape index (κ2) is 4.74. The van der Waals surface area contributed by atoms with E-state index < -0.39 is 5.97 Å². The minimum absolute atomic E-state index is 0.216. The molecule has 0 spiro atoms. The molecule has 0 amide bonds. The minimum Gasteiger partial charge on any atom is -0.481 e. The summed E-state index contributed by atoms with van der Waals surface area (Å²) in [4.78, 5) is 11.0. The zero-order valence-electron chi connectivity index (χ0n) is 10.3. The highest BCUT2D eigenvalue weighted by molar-refractivity contribution is 5.74. The van der Waals surface area contributed by atoms with Crippen molar-refractivity contribution < 1.29 is 9.90 Å². The van der Waals surface area contributed by atoms with Crippen LogP contribution in [0.2, 0.25) is 0 Å². The van der Waals surface area contributed by atoms with Gasteiger partial charge in [-0.2, -0.15) is 0 Å². The van der Waals surface area contributed by atoms with Crippen molar-refractivity contribution in [3.05, 3.63) is 41.5 Å². The van der Waals surface area contributed by atoms with Gasteiger partial charge in [0.05, 0.1) is 5.92 Å². The number of carboxylic acids is 1. The molecule has 0 fully saturated rings. The van der Waals surface area contributed by atoms with Crippen molar-refractivity contribution in [1.29, 1.82) is 0 Å². The molecule has 0 saturated carbocycles. The first-order valence-corrected chi connectivity index (χ1v) is 6.07. The molecular weight excluding hydrogens is 212 g/mol. The van der Waals surface area contributed by atoms with Crippen molar-refractivity contribution in [2.24, 2.45) is 11.8 Å². The van der Waals surface area contributed by atoms with E-state index in [0.717, 1.165) is 6.42 Å². The fourth-order valence-corrected chi connectivity index (χ4v) is 2.50. The van der Waals surface area contributed by atoms with Crippen LogP contribution in [0.25, 0.3) is 5.57 Å². The maximum absolute atomic E-state index is 11.0. The fourth-order valence-electron chi connectivity index (χ4n) is 2.50. The van der Waals surface area contributed by atoms with Gasteiger partial charge >= 0.3 is 5.97 Å². The lowest BCUT2D eigenvalue weighted by molar-refractivity contribution is -0.143. The lowest BCUT2D eigenvalue weighted by Gasteiger charge is -2.25. The van der Waals surface area contributed by atoms with E-state index in [4.69, 9.17) is 5.11 Å². The SMILES string of the molecule is Cc1cccc(C2=CC[C@@H](C(=O)O)[C@@H](C)C2)c1. The Morgan fingerprint density at radius 2 is 2.18 bits per heavy atom. The van der Waals surface area contributed by atoms with Gasteiger partial charge in [0.1, 0.15) is 0 Å². The predicted octanol–water partition coefficient (Wildman–Crippen LogP) is 3.51. The van der Waals surface area contributed by atoms with Crippen LogP contribution < -0.4 is 0 Å². The number of rotatable bonds is 2. The van der Waals surface area contributed by atoms with E-state index in [-0.39, 0.29) is 11.8 Å². The number of hydrogen-bond acceptors (Lipinski definition) is 1. The van der Waals surface area contributed by atoms with E-state index in [1.54, 1.807) is 0 Å². The first kappa shape index (κ1) is 11.9. The van der Waals surface area contributed by atoms with Crippen LogP contribution in [-0.4, -0.2) is 11.1 Å². The topological polar surface area (TPSA) is 37.3 Å². The molecule has 1 aromatic rings. The monoisotopic (exact) mass is 230 g/mol. The summed E-state index contributed by atoms with van der Waals surface area (Å²) in [7, 11) is 0. The Balaban J connectivity index is 2.22. The molecule has 2 nitrogen and oxygen atoms in total. The molecule has 0 aliphatic heterocycles. The van der Waals surface area contributed by atoms with Crippen molar-refractivity contribution in [1.82, 2.24) is 0 Å². The summed E-state index contributed by atoms with van der Waals surface area (Å²) in [6.07, 6.45) is 3.60. The third-order valence-electron chi connectivity index (χ3n) is 3.55. The van der Waals surface area contributed by atoms with E-state index in [2.05, 4.69) is 37.3 Å². The van der Waals surface area contributed by atoms with Gasteiger partial charge in [-0.3, -0.25) is 4.79 Å². The van der Waals surface area contributed by atoms with Gasteiger partial charge in [0.25, 0.3) is 0 Å². The molecule has 0 bridgehead atoms. The second-order valence-electron chi connectivity index (χ2n) is 4.96. The molecule has 1 aromatic carbocycles. The molecule has 0 aromatic heterocycles. The van der Waals surface area contributed by atoms with Gasteiger partial charge in [0.2, 0.25) is 0 Å². The Morgan fingerprint density at radius 3 is 2.76 bits per heavy atom. The standard InChI is InChI=1S/C15H18O2/c1-10-4-3-5-12(8-10)13-6-7-14(15(16)17)11(2)9-13/h3-6,8,11,14H,7,9H2,1-2H3,(H,16,17)/t11-,14+/m0/s1. The molecule has 2 rings (SSSR count). The molecule has 0 saturated heterocycles. The van der Waals surface area contributed by atoms with Crippen LogP contribution in [0.3, 0.4) is 0 Å². The van der Waals surface area contributed by atoms with Crippen molar-refractivity contribution in [3.8, 4) is 0 Å². The van der Waals surface area contributed by atoms with Crippen LogP contribution >= 0.6 is 0 Å². The molecule has 2 heteroatoms. The molecule has 17 heavy (non-hydrogen) atoms. The van der Waals surface area contributed by atoms with Crippen LogP contribution in [-0.2, 0) is 4.79 Å². The summed E-state index contributed by atoms with van der Waals surface area (Å²) in [5.41, 5.74) is 3.77. The van der Waals surface area contributed by atoms with Gasteiger partial charge in [0, 0.05) is 0 Å². The summed E-state index contributed by atoms with van der Waals surface area (Å²) < 4.78 is 0. The lowest BCUT2D eigenvalue weighted by Crippen LogP contribution is -2.24. The van der Waals surface area contributed by atoms with Gasteiger partial charge in [-0.1, -0.05) is 42.8 Å². The molecule has 1 aliphatic rings. The first-order chi connectivity index (χ1) is 8.08. The Bertz CT molecular complexity index is 460. The quantitative estimate of drug-likeness (QED) is 0.844. The normalized spacial score (nSPS) is 24.2. The average Bonchev–Trinajstić information content (AvgIpc) is 2.28. The molecule has 0 unspecified atom stereocenters.